The molecule has 1 N–H and O–H groups in total. The maximum Gasteiger partial charge on any atom is 0.158 e. The van der Waals surface area contributed by atoms with Gasteiger partial charge in [-0.2, -0.15) is 0 Å². The Hall–Kier alpha value is -0.630. The molecule has 180 valence electrons. The van der Waals surface area contributed by atoms with Crippen molar-refractivity contribution in [3.05, 3.63) is 12.2 Å². The lowest BCUT2D eigenvalue weighted by Crippen LogP contribution is -2.67. The van der Waals surface area contributed by atoms with E-state index in [2.05, 4.69) is 54.5 Å². The van der Waals surface area contributed by atoms with Crippen molar-refractivity contribution in [3.8, 4) is 0 Å². The highest BCUT2D eigenvalue weighted by atomic mass is 16.3. The van der Waals surface area contributed by atoms with Crippen LogP contribution >= 0.6 is 0 Å². The van der Waals surface area contributed by atoms with Crippen molar-refractivity contribution >= 4 is 5.78 Å². The average molecular weight is 441 g/mol. The molecule has 0 radical (unpaired) electrons. The van der Waals surface area contributed by atoms with Gasteiger partial charge in [-0.25, -0.2) is 0 Å². The minimum absolute atomic E-state index is 0.0965. The smallest absolute Gasteiger partial charge is 0.158 e. The van der Waals surface area contributed by atoms with Crippen molar-refractivity contribution in [1.82, 2.24) is 0 Å². The predicted octanol–water partition coefficient (Wildman–Crippen LogP) is 7.21. The molecule has 4 fully saturated rings. The van der Waals surface area contributed by atoms with E-state index in [0.717, 1.165) is 5.92 Å². The van der Waals surface area contributed by atoms with E-state index in [1.54, 1.807) is 0 Å². The quantitative estimate of drug-likeness (QED) is 0.468. The fourth-order valence-electron chi connectivity index (χ4n) is 10.7. The van der Waals surface area contributed by atoms with Gasteiger partial charge in [0.1, 0.15) is 0 Å². The minimum Gasteiger partial charge on any atom is -0.396 e. The topological polar surface area (TPSA) is 37.3 Å². The Bertz CT molecular complexity index is 846. The van der Waals surface area contributed by atoms with Crippen LogP contribution in [-0.4, -0.2) is 17.5 Å². The average Bonchev–Trinajstić information content (AvgIpc) is 2.75. The first-order valence-corrected chi connectivity index (χ1v) is 13.6. The second-order valence-corrected chi connectivity index (χ2v) is 14.8. The fourth-order valence-corrected chi connectivity index (χ4v) is 10.7. The zero-order valence-corrected chi connectivity index (χ0v) is 21.9. The van der Waals surface area contributed by atoms with Gasteiger partial charge in [-0.3, -0.25) is 4.79 Å². The molecule has 0 saturated heterocycles. The van der Waals surface area contributed by atoms with E-state index in [4.69, 9.17) is 0 Å². The summed E-state index contributed by atoms with van der Waals surface area (Å²) in [6.45, 7) is 17.8. The summed E-state index contributed by atoms with van der Waals surface area (Å²) in [7, 11) is 0. The molecule has 5 rings (SSSR count). The normalized spacial score (nSPS) is 59.6. The number of rotatable bonds is 1. The van der Waals surface area contributed by atoms with Crippen LogP contribution in [0, 0.1) is 56.2 Å². The lowest BCUT2D eigenvalue weighted by Gasteiger charge is -2.74. The van der Waals surface area contributed by atoms with Gasteiger partial charge in [0.05, 0.1) is 0 Å². The molecule has 5 aliphatic rings. The van der Waals surface area contributed by atoms with Gasteiger partial charge in [0.15, 0.2) is 5.78 Å². The Morgan fingerprint density at radius 2 is 1.47 bits per heavy atom. The van der Waals surface area contributed by atoms with Gasteiger partial charge in [0.25, 0.3) is 0 Å². The van der Waals surface area contributed by atoms with E-state index < -0.39 is 0 Å². The summed E-state index contributed by atoms with van der Waals surface area (Å²) in [5.41, 5.74) is 1.62. The summed E-state index contributed by atoms with van der Waals surface area (Å²) in [4.78, 5) is 12.6. The Morgan fingerprint density at radius 1 is 0.844 bits per heavy atom. The number of fused-ring (bicyclic) bond motifs is 7. The monoisotopic (exact) mass is 440 g/mol. The number of allylic oxidation sites excluding steroid dienone is 2. The number of carbonyl (C=O) groups excluding carboxylic acids is 1. The maximum atomic E-state index is 12.6. The lowest BCUT2D eigenvalue weighted by atomic mass is 9.30. The highest BCUT2D eigenvalue weighted by molar-refractivity contribution is 5.93. The van der Waals surface area contributed by atoms with Crippen molar-refractivity contribution in [1.29, 1.82) is 0 Å². The molecular weight excluding hydrogens is 392 g/mol. The van der Waals surface area contributed by atoms with E-state index in [9.17, 15) is 9.90 Å². The van der Waals surface area contributed by atoms with Crippen LogP contribution < -0.4 is 0 Å². The predicted molar refractivity (Wildman–Crippen MR) is 131 cm³/mol. The first-order chi connectivity index (χ1) is 14.8. The lowest BCUT2D eigenvalue weighted by molar-refractivity contribution is -0.250. The van der Waals surface area contributed by atoms with Crippen LogP contribution in [0.5, 0.6) is 0 Å². The molecule has 2 heteroatoms. The highest BCUT2D eigenvalue weighted by Gasteiger charge is 2.70. The summed E-state index contributed by atoms with van der Waals surface area (Å²) in [6, 6.07) is 0. The van der Waals surface area contributed by atoms with Gasteiger partial charge in [-0.1, -0.05) is 54.5 Å². The number of ketones is 1. The molecule has 0 heterocycles. The van der Waals surface area contributed by atoms with Crippen molar-refractivity contribution in [2.24, 2.45) is 56.2 Å². The number of hydrogen-bond acceptors (Lipinski definition) is 2. The largest absolute Gasteiger partial charge is 0.396 e. The van der Waals surface area contributed by atoms with Crippen LogP contribution in [-0.2, 0) is 4.79 Å². The molecule has 0 aromatic heterocycles. The van der Waals surface area contributed by atoms with E-state index in [1.807, 2.05) is 6.08 Å². The van der Waals surface area contributed by atoms with Gasteiger partial charge in [-0.15, -0.1) is 0 Å². The number of aliphatic hydroxyl groups excluding tert-OH is 1. The van der Waals surface area contributed by atoms with E-state index in [-0.39, 0.29) is 22.2 Å². The van der Waals surface area contributed by atoms with Crippen LogP contribution in [0.4, 0.5) is 0 Å². The van der Waals surface area contributed by atoms with E-state index >= 15 is 0 Å². The minimum atomic E-state index is 0.0965. The summed E-state index contributed by atoms with van der Waals surface area (Å²) in [6.07, 6.45) is 15.7. The van der Waals surface area contributed by atoms with Crippen LogP contribution in [0.1, 0.15) is 106 Å². The summed E-state index contributed by atoms with van der Waals surface area (Å²) < 4.78 is 0. The number of hydrogen-bond donors (Lipinski definition) is 1. The maximum absolute atomic E-state index is 12.6. The molecule has 0 aromatic rings. The third kappa shape index (κ3) is 2.65. The molecule has 0 spiro atoms. The Labute approximate surface area is 197 Å². The second kappa shape index (κ2) is 6.73. The summed E-state index contributed by atoms with van der Waals surface area (Å²) >= 11 is 0. The SMILES string of the molecule is C[C@H]1C(=O)C=C[C@H]2[C@]1(C)CC[C@H]1[C@@]2(C)CC[C@@]2(C)[C@@H]3C[C@@](C)(CO)CC[C@]3(C)CC[C@]12C. The van der Waals surface area contributed by atoms with Gasteiger partial charge >= 0.3 is 0 Å². The molecule has 0 bridgehead atoms. The zero-order valence-electron chi connectivity index (χ0n) is 21.9. The Kier molecular flexibility index (Phi) is 4.87. The molecular formula is C30H48O2. The third-order valence-electron chi connectivity index (χ3n) is 13.5. The number of aliphatic hydroxyl groups is 1. The van der Waals surface area contributed by atoms with Crippen molar-refractivity contribution in [2.75, 3.05) is 6.61 Å². The third-order valence-corrected chi connectivity index (χ3v) is 13.5. The molecule has 0 aliphatic heterocycles. The van der Waals surface area contributed by atoms with Gasteiger partial charge < -0.3 is 5.11 Å². The molecule has 4 saturated carbocycles. The molecule has 10 atom stereocenters. The Morgan fingerprint density at radius 3 is 2.16 bits per heavy atom. The first kappa shape index (κ1) is 23.1. The first-order valence-electron chi connectivity index (χ1n) is 13.6. The van der Waals surface area contributed by atoms with Crippen LogP contribution in [0.25, 0.3) is 0 Å². The Balaban J connectivity index is 1.56. The zero-order chi connectivity index (χ0) is 23.4. The summed E-state index contributed by atoms with van der Waals surface area (Å²) in [5.74, 6) is 2.44. The van der Waals surface area contributed by atoms with Gasteiger partial charge in [0, 0.05) is 12.5 Å². The summed E-state index contributed by atoms with van der Waals surface area (Å²) in [5, 5.41) is 10.3. The van der Waals surface area contributed by atoms with E-state index in [0.29, 0.717) is 40.5 Å². The molecule has 2 nitrogen and oxygen atoms in total. The van der Waals surface area contributed by atoms with Crippen LogP contribution in [0.3, 0.4) is 0 Å². The van der Waals surface area contributed by atoms with Crippen LogP contribution in [0.2, 0.25) is 0 Å². The molecule has 0 amide bonds. The van der Waals surface area contributed by atoms with Crippen molar-refractivity contribution in [2.45, 2.75) is 106 Å². The fraction of sp³-hybridized carbons (Fsp3) is 0.900. The number of carbonyl (C=O) groups is 1. The highest BCUT2D eigenvalue weighted by Crippen LogP contribution is 2.78. The molecule has 0 unspecified atom stereocenters. The molecule has 32 heavy (non-hydrogen) atoms. The standard InChI is InChI=1S/C30H48O2/c1-20-21(32)8-9-22-27(20,4)11-10-23-28(22,5)15-17-30(7)24-18-25(2,19-31)12-13-26(24,3)14-16-29(23,30)6/h8-9,20,22-24,31H,10-19H2,1-7H3/t20-,22-,23-,24+,25-,26+,27+,28-,29+,30-/m0/s1. The molecule has 5 aliphatic carbocycles. The van der Waals surface area contributed by atoms with Crippen LogP contribution in [0.15, 0.2) is 12.2 Å². The van der Waals surface area contributed by atoms with Crippen molar-refractivity contribution < 1.29 is 9.90 Å². The molecule has 0 aromatic carbocycles. The van der Waals surface area contributed by atoms with Crippen molar-refractivity contribution in [3.63, 3.8) is 0 Å². The van der Waals surface area contributed by atoms with Gasteiger partial charge in [0.2, 0.25) is 0 Å². The van der Waals surface area contributed by atoms with E-state index in [1.165, 1.54) is 57.8 Å². The van der Waals surface area contributed by atoms with Gasteiger partial charge in [-0.05, 0) is 114 Å². The second-order valence-electron chi connectivity index (χ2n) is 14.8.